The predicted octanol–water partition coefficient (Wildman–Crippen LogP) is 4.16. The topological polar surface area (TPSA) is 75.0 Å². The first-order chi connectivity index (χ1) is 12.6. The van der Waals surface area contributed by atoms with E-state index in [1.54, 1.807) is 13.0 Å². The summed E-state index contributed by atoms with van der Waals surface area (Å²) in [5, 5.41) is 1.06. The zero-order valence-corrected chi connectivity index (χ0v) is 14.6. The minimum absolute atomic E-state index is 0.112. The van der Waals surface area contributed by atoms with Crippen LogP contribution in [0.1, 0.15) is 23.0 Å². The number of carbonyl (C=O) groups excluding carboxylic acids is 1. The van der Waals surface area contributed by atoms with Crippen molar-refractivity contribution in [3.63, 3.8) is 0 Å². The van der Waals surface area contributed by atoms with Crippen LogP contribution in [0, 0.1) is 6.92 Å². The lowest BCUT2D eigenvalue weighted by atomic mass is 9.97. The number of benzene rings is 2. The minimum Gasteiger partial charge on any atom is -0.461 e. The van der Waals surface area contributed by atoms with Crippen molar-refractivity contribution in [2.24, 2.45) is 0 Å². The van der Waals surface area contributed by atoms with Crippen LogP contribution in [0.25, 0.3) is 33.1 Å². The van der Waals surface area contributed by atoms with Crippen LogP contribution in [0.5, 0.6) is 0 Å². The van der Waals surface area contributed by atoms with Crippen molar-refractivity contribution in [1.82, 2.24) is 9.97 Å². The summed E-state index contributed by atoms with van der Waals surface area (Å²) in [6, 6.07) is 15.0. The fourth-order valence-electron chi connectivity index (χ4n) is 3.36. The van der Waals surface area contributed by atoms with E-state index < -0.39 is 5.97 Å². The zero-order chi connectivity index (χ0) is 18.3. The molecule has 0 spiro atoms. The molecule has 5 nitrogen and oxygen atoms in total. The summed E-state index contributed by atoms with van der Waals surface area (Å²) >= 11 is 0. The Morgan fingerprint density at radius 3 is 2.54 bits per heavy atom. The lowest BCUT2D eigenvalue weighted by Crippen LogP contribution is -2.07. The number of ether oxygens (including phenoxy) is 1. The highest BCUT2D eigenvalue weighted by atomic mass is 16.5. The van der Waals surface area contributed by atoms with E-state index in [9.17, 15) is 9.59 Å². The van der Waals surface area contributed by atoms with Gasteiger partial charge in [0.15, 0.2) is 5.43 Å². The van der Waals surface area contributed by atoms with Crippen LogP contribution in [0.4, 0.5) is 0 Å². The molecule has 130 valence electrons. The molecule has 0 saturated heterocycles. The van der Waals surface area contributed by atoms with E-state index >= 15 is 0 Å². The van der Waals surface area contributed by atoms with Gasteiger partial charge in [-0.1, -0.05) is 36.4 Å². The Balaban J connectivity index is 2.17. The lowest BCUT2D eigenvalue weighted by Gasteiger charge is -2.08. The highest BCUT2D eigenvalue weighted by molar-refractivity contribution is 6.09. The summed E-state index contributed by atoms with van der Waals surface area (Å²) in [6.45, 7) is 3.98. The van der Waals surface area contributed by atoms with Crippen molar-refractivity contribution in [3.05, 3.63) is 70.0 Å². The molecule has 0 bridgehead atoms. The highest BCUT2D eigenvalue weighted by Gasteiger charge is 2.24. The molecule has 4 aromatic rings. The molecule has 0 fully saturated rings. The van der Waals surface area contributed by atoms with Gasteiger partial charge in [-0.3, -0.25) is 4.79 Å². The van der Waals surface area contributed by atoms with Crippen LogP contribution in [0.2, 0.25) is 0 Å². The Labute approximate surface area is 149 Å². The largest absolute Gasteiger partial charge is 0.461 e. The fraction of sp³-hybridized carbons (Fsp3) is 0.143. The van der Waals surface area contributed by atoms with Gasteiger partial charge in [0.05, 0.1) is 17.5 Å². The Morgan fingerprint density at radius 2 is 1.77 bits per heavy atom. The van der Waals surface area contributed by atoms with E-state index in [1.807, 2.05) is 49.4 Å². The van der Waals surface area contributed by atoms with Gasteiger partial charge in [0.2, 0.25) is 0 Å². The van der Waals surface area contributed by atoms with Crippen molar-refractivity contribution in [3.8, 4) is 11.1 Å². The SMILES string of the molecule is CCOC(=O)c1[nH]c2[nH]c3ccccc3c(=O)c2c1-c1ccccc1C. The third kappa shape index (κ3) is 2.40. The number of hydrogen-bond acceptors (Lipinski definition) is 3. The van der Waals surface area contributed by atoms with Crippen molar-refractivity contribution in [2.75, 3.05) is 6.61 Å². The molecule has 0 saturated carbocycles. The van der Waals surface area contributed by atoms with E-state index in [0.717, 1.165) is 16.6 Å². The standard InChI is InChI=1S/C21H18N2O3/c1-3-26-21(25)18-16(13-9-5-4-8-12(13)2)17-19(24)14-10-6-7-11-15(14)22-20(17)23-18/h4-11H,3H2,1-2H3,(H2,22,23,24). The average Bonchev–Trinajstić information content (AvgIpc) is 3.02. The molecule has 2 heterocycles. The summed E-state index contributed by atoms with van der Waals surface area (Å²) in [6.07, 6.45) is 0. The summed E-state index contributed by atoms with van der Waals surface area (Å²) in [4.78, 5) is 32.1. The summed E-state index contributed by atoms with van der Waals surface area (Å²) in [5.41, 5.74) is 3.82. The number of para-hydroxylation sites is 1. The van der Waals surface area contributed by atoms with Crippen LogP contribution < -0.4 is 5.43 Å². The van der Waals surface area contributed by atoms with E-state index in [4.69, 9.17) is 4.74 Å². The minimum atomic E-state index is -0.473. The second kappa shape index (κ2) is 6.19. The molecule has 0 aliphatic heterocycles. The van der Waals surface area contributed by atoms with Crippen LogP contribution in [0.3, 0.4) is 0 Å². The molecule has 0 aliphatic rings. The molecule has 0 radical (unpaired) electrons. The number of aromatic amines is 2. The Morgan fingerprint density at radius 1 is 1.04 bits per heavy atom. The van der Waals surface area contributed by atoms with Gasteiger partial charge in [0.1, 0.15) is 11.3 Å². The van der Waals surface area contributed by atoms with Gasteiger partial charge in [-0.2, -0.15) is 0 Å². The molecule has 0 unspecified atom stereocenters. The monoisotopic (exact) mass is 346 g/mol. The lowest BCUT2D eigenvalue weighted by molar-refractivity contribution is 0.0521. The number of hydrogen-bond donors (Lipinski definition) is 2. The van der Waals surface area contributed by atoms with Crippen LogP contribution in [-0.4, -0.2) is 22.5 Å². The average molecular weight is 346 g/mol. The molecule has 0 amide bonds. The third-order valence-corrected chi connectivity index (χ3v) is 4.55. The summed E-state index contributed by atoms with van der Waals surface area (Å²) in [5.74, 6) is -0.473. The first kappa shape index (κ1) is 16.1. The third-order valence-electron chi connectivity index (χ3n) is 4.55. The Kier molecular flexibility index (Phi) is 3.84. The molecule has 4 rings (SSSR count). The second-order valence-corrected chi connectivity index (χ2v) is 6.16. The van der Waals surface area contributed by atoms with Crippen molar-refractivity contribution in [1.29, 1.82) is 0 Å². The smallest absolute Gasteiger partial charge is 0.355 e. The molecular weight excluding hydrogens is 328 g/mol. The van der Waals surface area contributed by atoms with Gasteiger partial charge in [0, 0.05) is 10.9 Å². The Bertz CT molecular complexity index is 1200. The summed E-state index contributed by atoms with van der Waals surface area (Å²) in [7, 11) is 0. The van der Waals surface area contributed by atoms with Crippen LogP contribution in [0.15, 0.2) is 53.3 Å². The quantitative estimate of drug-likeness (QED) is 0.547. The number of carbonyl (C=O) groups is 1. The van der Waals surface area contributed by atoms with Gasteiger partial charge in [-0.05, 0) is 37.1 Å². The fourth-order valence-corrected chi connectivity index (χ4v) is 3.36. The maximum Gasteiger partial charge on any atom is 0.355 e. The number of fused-ring (bicyclic) bond motifs is 2. The number of H-pyrrole nitrogens is 2. The van der Waals surface area contributed by atoms with Gasteiger partial charge in [-0.25, -0.2) is 4.79 Å². The first-order valence-electron chi connectivity index (χ1n) is 8.51. The number of pyridine rings is 1. The van der Waals surface area contributed by atoms with E-state index in [-0.39, 0.29) is 12.0 Å². The summed E-state index contributed by atoms with van der Waals surface area (Å²) < 4.78 is 5.21. The highest BCUT2D eigenvalue weighted by Crippen LogP contribution is 2.33. The maximum absolute atomic E-state index is 13.2. The van der Waals surface area contributed by atoms with Crippen LogP contribution in [-0.2, 0) is 4.74 Å². The second-order valence-electron chi connectivity index (χ2n) is 6.16. The molecule has 26 heavy (non-hydrogen) atoms. The van der Waals surface area contributed by atoms with Crippen molar-refractivity contribution < 1.29 is 9.53 Å². The Hall–Kier alpha value is -3.34. The molecule has 5 heteroatoms. The molecule has 2 N–H and O–H groups in total. The molecule has 0 aliphatic carbocycles. The predicted molar refractivity (Wildman–Crippen MR) is 103 cm³/mol. The molecule has 2 aromatic heterocycles. The van der Waals surface area contributed by atoms with E-state index in [2.05, 4.69) is 9.97 Å². The number of aromatic nitrogens is 2. The number of rotatable bonds is 3. The maximum atomic E-state index is 13.2. The zero-order valence-electron chi connectivity index (χ0n) is 14.6. The van der Waals surface area contributed by atoms with Crippen LogP contribution >= 0.6 is 0 Å². The molecular formula is C21H18N2O3. The first-order valence-corrected chi connectivity index (χ1v) is 8.51. The van der Waals surface area contributed by atoms with Gasteiger partial charge in [-0.15, -0.1) is 0 Å². The van der Waals surface area contributed by atoms with Crippen molar-refractivity contribution >= 4 is 27.9 Å². The van der Waals surface area contributed by atoms with E-state index in [0.29, 0.717) is 27.7 Å². The molecule has 0 atom stereocenters. The van der Waals surface area contributed by atoms with E-state index in [1.165, 1.54) is 0 Å². The number of esters is 1. The van der Waals surface area contributed by atoms with Gasteiger partial charge < -0.3 is 14.7 Å². The number of nitrogens with one attached hydrogen (secondary N) is 2. The van der Waals surface area contributed by atoms with Crippen molar-refractivity contribution in [2.45, 2.75) is 13.8 Å². The normalized spacial score (nSPS) is 11.2. The van der Waals surface area contributed by atoms with Gasteiger partial charge in [0.25, 0.3) is 0 Å². The van der Waals surface area contributed by atoms with Gasteiger partial charge >= 0.3 is 5.97 Å². The molecule has 2 aromatic carbocycles. The number of aryl methyl sites for hydroxylation is 1.